The summed E-state index contributed by atoms with van der Waals surface area (Å²) in [5, 5.41) is 10.8. The van der Waals surface area contributed by atoms with E-state index in [4.69, 9.17) is 9.47 Å². The Morgan fingerprint density at radius 1 is 1.06 bits per heavy atom. The number of phenols is 1. The van der Waals surface area contributed by atoms with Crippen molar-refractivity contribution >= 4 is 38.5 Å². The number of halogens is 2. The van der Waals surface area contributed by atoms with Crippen LogP contribution in [-0.2, 0) is 36.1 Å². The summed E-state index contributed by atoms with van der Waals surface area (Å²) in [6.45, 7) is -0.247. The van der Waals surface area contributed by atoms with Gasteiger partial charge in [0, 0.05) is 67.3 Å². The number of nitrogens with zero attached hydrogens (tertiary/aromatic N) is 5. The number of hydrogen-bond acceptors (Lipinski definition) is 9. The van der Waals surface area contributed by atoms with Crippen LogP contribution in [0.4, 0.5) is 4.39 Å². The van der Waals surface area contributed by atoms with E-state index in [1.165, 1.54) is 40.3 Å². The number of hydrogen-bond donors (Lipinski definition) is 1. The van der Waals surface area contributed by atoms with Crippen molar-refractivity contribution in [2.75, 3.05) is 14.2 Å². The van der Waals surface area contributed by atoms with Crippen molar-refractivity contribution in [3.63, 3.8) is 0 Å². The molecule has 3 aliphatic rings. The molecule has 1 N–H and O–H groups in total. The summed E-state index contributed by atoms with van der Waals surface area (Å²) in [6, 6.07) is 6.27. The fraction of sp³-hybridized carbons (Fsp3) is 0.273. The standard InChI is InChI=1S/C33H27BrFN5O8/c1-37-23-14-26(48-3)25(47-2)13-21(23)36-20(31(37)44)8-9-38-32(45)39-10-7-15-22(40(39)33(38)46)11-17-28(24(41)12-18(34)29(17)42)27(15)16-5-4-6-19(35)30(16)43/h4-7,12-14,22,27,43H,8-11H2,1-3H3/t22-,27-/m1/s1. The summed E-state index contributed by atoms with van der Waals surface area (Å²) < 4.78 is 30.2. The van der Waals surface area contributed by atoms with E-state index in [1.807, 2.05) is 0 Å². The highest BCUT2D eigenvalue weighted by atomic mass is 79.9. The number of Topliss-reactive ketones (excluding diaryl/α,β-unsaturated/α-hetero) is 1. The van der Waals surface area contributed by atoms with Gasteiger partial charge in [0.05, 0.1) is 42.3 Å². The zero-order chi connectivity index (χ0) is 34.2. The molecule has 1 aliphatic heterocycles. The van der Waals surface area contributed by atoms with Crippen LogP contribution in [0.1, 0.15) is 29.6 Å². The minimum absolute atomic E-state index is 0.0274. The maximum absolute atomic E-state index is 14.6. The molecule has 0 unspecified atom stereocenters. The van der Waals surface area contributed by atoms with Crippen LogP contribution < -0.4 is 26.4 Å². The molecule has 7 rings (SSSR count). The van der Waals surface area contributed by atoms with Crippen LogP contribution in [0.3, 0.4) is 0 Å². The number of fused-ring (bicyclic) bond motifs is 4. The fourth-order valence-electron chi connectivity index (χ4n) is 6.93. The molecule has 2 aliphatic carbocycles. The molecule has 15 heteroatoms. The highest BCUT2D eigenvalue weighted by molar-refractivity contribution is 9.12. The van der Waals surface area contributed by atoms with Crippen LogP contribution >= 0.6 is 15.9 Å². The molecule has 0 fully saturated rings. The monoisotopic (exact) mass is 719 g/mol. The van der Waals surface area contributed by atoms with E-state index in [0.717, 1.165) is 16.7 Å². The molecule has 48 heavy (non-hydrogen) atoms. The normalized spacial score (nSPS) is 18.7. The predicted octanol–water partition coefficient (Wildman–Crippen LogP) is 2.56. The average molecular weight is 721 g/mol. The SMILES string of the molecule is COc1cc2nc(CCn3c(=O)n4n(c3=O)[C@@H]3CC5=C(C(=O)C=C(Br)C5=O)[C@@H](c5cccc(F)c5O)C3=CC4)c(=O)n(C)c2cc1OC. The largest absolute Gasteiger partial charge is 0.505 e. The molecule has 0 amide bonds. The lowest BCUT2D eigenvalue weighted by atomic mass is 9.68. The van der Waals surface area contributed by atoms with Gasteiger partial charge in [-0.2, -0.15) is 0 Å². The van der Waals surface area contributed by atoms with Crippen molar-refractivity contribution in [1.82, 2.24) is 23.5 Å². The summed E-state index contributed by atoms with van der Waals surface area (Å²) in [4.78, 5) is 72.2. The second-order valence-corrected chi connectivity index (χ2v) is 12.5. The third-order valence-electron chi connectivity index (χ3n) is 9.23. The van der Waals surface area contributed by atoms with Crippen LogP contribution in [0, 0.1) is 5.82 Å². The summed E-state index contributed by atoms with van der Waals surface area (Å²) in [5.41, 5.74) is 0.0171. The van der Waals surface area contributed by atoms with Crippen LogP contribution in [0.15, 0.2) is 78.1 Å². The number of aromatic nitrogens is 5. The quantitative estimate of drug-likeness (QED) is 0.234. The first-order chi connectivity index (χ1) is 23.0. The van der Waals surface area contributed by atoms with Crippen molar-refractivity contribution in [1.29, 1.82) is 0 Å². The lowest BCUT2D eigenvalue weighted by Crippen LogP contribution is -2.40. The van der Waals surface area contributed by atoms with Crippen LogP contribution in [0.25, 0.3) is 11.0 Å². The number of ketones is 2. The number of allylic oxidation sites excluding steroid dienone is 6. The topological polar surface area (TPSA) is 157 Å². The molecule has 0 saturated heterocycles. The van der Waals surface area contributed by atoms with Gasteiger partial charge in [-0.15, -0.1) is 0 Å². The first-order valence-electron chi connectivity index (χ1n) is 14.9. The Balaban J connectivity index is 1.30. The van der Waals surface area contributed by atoms with E-state index in [9.17, 15) is 33.5 Å². The molecular formula is C33H27BrFN5O8. The van der Waals surface area contributed by atoms with Gasteiger partial charge in [0.1, 0.15) is 5.69 Å². The van der Waals surface area contributed by atoms with Gasteiger partial charge in [-0.3, -0.25) is 14.4 Å². The Kier molecular flexibility index (Phi) is 7.46. The summed E-state index contributed by atoms with van der Waals surface area (Å²) in [7, 11) is 4.54. The Morgan fingerprint density at radius 3 is 2.52 bits per heavy atom. The van der Waals surface area contributed by atoms with Crippen molar-refractivity contribution < 1.29 is 28.6 Å². The molecule has 13 nitrogen and oxygen atoms in total. The van der Waals surface area contributed by atoms with Gasteiger partial charge in [0.25, 0.3) is 5.56 Å². The van der Waals surface area contributed by atoms with Crippen LogP contribution in [0.2, 0.25) is 0 Å². The van der Waals surface area contributed by atoms with Crippen molar-refractivity contribution in [2.24, 2.45) is 7.05 Å². The van der Waals surface area contributed by atoms with Crippen molar-refractivity contribution in [3.8, 4) is 17.2 Å². The number of carbonyl (C=O) groups is 2. The van der Waals surface area contributed by atoms with Crippen LogP contribution in [0.5, 0.6) is 17.2 Å². The number of benzene rings is 2. The molecule has 2 aromatic heterocycles. The van der Waals surface area contributed by atoms with E-state index < -0.39 is 52.0 Å². The Hall–Kier alpha value is -5.31. The summed E-state index contributed by atoms with van der Waals surface area (Å²) in [6.07, 6.45) is 2.66. The minimum Gasteiger partial charge on any atom is -0.505 e. The smallest absolute Gasteiger partial charge is 0.347 e. The average Bonchev–Trinajstić information content (AvgIpc) is 3.32. The second-order valence-electron chi connectivity index (χ2n) is 11.6. The van der Waals surface area contributed by atoms with E-state index in [1.54, 1.807) is 25.3 Å². The van der Waals surface area contributed by atoms with E-state index in [2.05, 4.69) is 20.9 Å². The minimum atomic E-state index is -1.05. The maximum atomic E-state index is 14.6. The molecule has 0 radical (unpaired) electrons. The number of methoxy groups -OCH3 is 2. The maximum Gasteiger partial charge on any atom is 0.347 e. The third kappa shape index (κ3) is 4.55. The number of aryl methyl sites for hydroxylation is 2. The summed E-state index contributed by atoms with van der Waals surface area (Å²) in [5.74, 6) is -2.78. The number of para-hydroxylation sites is 1. The zero-order valence-electron chi connectivity index (χ0n) is 25.8. The highest BCUT2D eigenvalue weighted by Crippen LogP contribution is 2.51. The fourth-order valence-corrected chi connectivity index (χ4v) is 7.38. The highest BCUT2D eigenvalue weighted by Gasteiger charge is 2.45. The molecule has 2 aromatic carbocycles. The van der Waals surface area contributed by atoms with Gasteiger partial charge in [-0.25, -0.2) is 32.9 Å². The van der Waals surface area contributed by atoms with E-state index in [-0.39, 0.29) is 52.8 Å². The number of carbonyl (C=O) groups excluding carboxylic acids is 2. The van der Waals surface area contributed by atoms with Crippen molar-refractivity contribution in [2.45, 2.75) is 37.9 Å². The predicted molar refractivity (Wildman–Crippen MR) is 173 cm³/mol. The molecule has 246 valence electrons. The molecule has 2 atom stereocenters. The van der Waals surface area contributed by atoms with Crippen LogP contribution in [-0.4, -0.2) is 54.4 Å². The van der Waals surface area contributed by atoms with E-state index >= 15 is 0 Å². The van der Waals surface area contributed by atoms with Gasteiger partial charge in [0.2, 0.25) is 0 Å². The number of phenolic OH excluding ortho intramolecular Hbond substituents is 1. The number of aromatic hydroxyl groups is 1. The van der Waals surface area contributed by atoms with Gasteiger partial charge in [-0.1, -0.05) is 18.2 Å². The molecular weight excluding hydrogens is 693 g/mol. The molecule has 4 aromatic rings. The van der Waals surface area contributed by atoms with E-state index in [0.29, 0.717) is 28.1 Å². The molecule has 3 heterocycles. The second kappa shape index (κ2) is 11.4. The molecule has 0 bridgehead atoms. The van der Waals surface area contributed by atoms with Gasteiger partial charge in [-0.05, 0) is 27.6 Å². The number of rotatable bonds is 6. The third-order valence-corrected chi connectivity index (χ3v) is 9.82. The lowest BCUT2D eigenvalue weighted by Gasteiger charge is -2.39. The first kappa shape index (κ1) is 31.3. The molecule has 0 spiro atoms. The number of ether oxygens (including phenoxy) is 2. The lowest BCUT2D eigenvalue weighted by molar-refractivity contribution is -0.115. The molecule has 0 saturated carbocycles. The van der Waals surface area contributed by atoms with Crippen molar-refractivity contribution in [3.05, 3.63) is 112 Å². The van der Waals surface area contributed by atoms with Gasteiger partial charge in [0.15, 0.2) is 34.6 Å². The Morgan fingerprint density at radius 2 is 1.79 bits per heavy atom. The van der Waals surface area contributed by atoms with Gasteiger partial charge < -0.3 is 19.1 Å². The zero-order valence-corrected chi connectivity index (χ0v) is 27.4. The summed E-state index contributed by atoms with van der Waals surface area (Å²) >= 11 is 3.15. The Bertz CT molecular complexity index is 2400. The first-order valence-corrected chi connectivity index (χ1v) is 15.7. The van der Waals surface area contributed by atoms with Gasteiger partial charge >= 0.3 is 11.4 Å². The Labute approximate surface area is 278 Å².